The van der Waals surface area contributed by atoms with E-state index in [9.17, 15) is 4.79 Å². The van der Waals surface area contributed by atoms with Crippen molar-refractivity contribution in [2.24, 2.45) is 0 Å². The zero-order chi connectivity index (χ0) is 14.7. The molecule has 0 fully saturated rings. The molecule has 3 rings (SSSR count). The molecule has 1 aromatic heterocycles. The number of benzene rings is 2. The van der Waals surface area contributed by atoms with Gasteiger partial charge in [0.1, 0.15) is 0 Å². The minimum absolute atomic E-state index is 0.130. The van der Waals surface area contributed by atoms with Crippen molar-refractivity contribution in [2.45, 2.75) is 6.92 Å². The Kier molecular flexibility index (Phi) is 3.55. The number of anilines is 2. The third-order valence-corrected chi connectivity index (χ3v) is 3.24. The molecule has 0 aliphatic heterocycles. The second kappa shape index (κ2) is 5.66. The fraction of sp³-hybridized carbons (Fsp3) is 0.125. The topological polar surface area (TPSA) is 69.8 Å². The van der Waals surface area contributed by atoms with Crippen LogP contribution in [0.4, 0.5) is 11.4 Å². The molecule has 0 aliphatic rings. The van der Waals surface area contributed by atoms with E-state index in [2.05, 4.69) is 20.8 Å². The lowest BCUT2D eigenvalue weighted by atomic mass is 10.1. The lowest BCUT2D eigenvalue weighted by Crippen LogP contribution is -2.14. The third-order valence-electron chi connectivity index (χ3n) is 3.24. The van der Waals surface area contributed by atoms with E-state index in [-0.39, 0.29) is 5.91 Å². The van der Waals surface area contributed by atoms with Crippen molar-refractivity contribution in [1.82, 2.24) is 10.2 Å². The Balaban J connectivity index is 1.85. The maximum atomic E-state index is 12.4. The Labute approximate surface area is 122 Å². The van der Waals surface area contributed by atoms with Crippen molar-refractivity contribution in [3.05, 3.63) is 54.2 Å². The monoisotopic (exact) mass is 280 g/mol. The number of carbonyl (C=O) groups excluding carboxylic acids is 1. The number of H-pyrrole nitrogens is 1. The summed E-state index contributed by atoms with van der Waals surface area (Å²) in [6.45, 7) is 2.77. The van der Waals surface area contributed by atoms with Gasteiger partial charge in [-0.1, -0.05) is 12.1 Å². The molecule has 5 heteroatoms. The van der Waals surface area contributed by atoms with E-state index in [0.717, 1.165) is 28.8 Å². The van der Waals surface area contributed by atoms with E-state index >= 15 is 0 Å². The Morgan fingerprint density at radius 1 is 1.24 bits per heavy atom. The second-order valence-electron chi connectivity index (χ2n) is 4.70. The average molecular weight is 280 g/mol. The van der Waals surface area contributed by atoms with Gasteiger partial charge in [0.2, 0.25) is 0 Å². The molecule has 0 saturated heterocycles. The highest BCUT2D eigenvalue weighted by atomic mass is 16.1. The SMILES string of the molecule is CCNc1ccccc1C(=O)Nc1ccc2[nH]ncc2c1. The average Bonchev–Trinajstić information content (AvgIpc) is 2.95. The van der Waals surface area contributed by atoms with Crippen molar-refractivity contribution in [2.75, 3.05) is 17.2 Å². The molecule has 1 amide bonds. The van der Waals surface area contributed by atoms with Crippen LogP contribution in [0.1, 0.15) is 17.3 Å². The maximum Gasteiger partial charge on any atom is 0.257 e. The number of carbonyl (C=O) groups is 1. The van der Waals surface area contributed by atoms with Crippen LogP contribution in [0.3, 0.4) is 0 Å². The van der Waals surface area contributed by atoms with Crippen LogP contribution in [-0.4, -0.2) is 22.6 Å². The number of para-hydroxylation sites is 1. The van der Waals surface area contributed by atoms with Gasteiger partial charge in [0.05, 0.1) is 17.3 Å². The highest BCUT2D eigenvalue weighted by molar-refractivity contribution is 6.08. The molecule has 0 unspecified atom stereocenters. The maximum absolute atomic E-state index is 12.4. The van der Waals surface area contributed by atoms with E-state index in [0.29, 0.717) is 5.56 Å². The van der Waals surface area contributed by atoms with Crippen LogP contribution >= 0.6 is 0 Å². The fourth-order valence-electron chi connectivity index (χ4n) is 2.24. The number of aromatic nitrogens is 2. The van der Waals surface area contributed by atoms with Crippen LogP contribution < -0.4 is 10.6 Å². The van der Waals surface area contributed by atoms with Gasteiger partial charge in [-0.2, -0.15) is 5.10 Å². The first-order chi connectivity index (χ1) is 10.3. The van der Waals surface area contributed by atoms with Crippen LogP contribution in [0, 0.1) is 0 Å². The number of aromatic amines is 1. The quantitative estimate of drug-likeness (QED) is 0.687. The molecule has 0 aliphatic carbocycles. The van der Waals surface area contributed by atoms with Crippen LogP contribution in [0.5, 0.6) is 0 Å². The third kappa shape index (κ3) is 2.72. The summed E-state index contributed by atoms with van der Waals surface area (Å²) in [6.07, 6.45) is 1.73. The van der Waals surface area contributed by atoms with Gasteiger partial charge in [-0.15, -0.1) is 0 Å². The van der Waals surface area contributed by atoms with Gasteiger partial charge >= 0.3 is 0 Å². The Hall–Kier alpha value is -2.82. The van der Waals surface area contributed by atoms with Gasteiger partial charge in [0.15, 0.2) is 0 Å². The first kappa shape index (κ1) is 13.2. The lowest BCUT2D eigenvalue weighted by Gasteiger charge is -2.11. The summed E-state index contributed by atoms with van der Waals surface area (Å²) < 4.78 is 0. The zero-order valence-electron chi connectivity index (χ0n) is 11.7. The van der Waals surface area contributed by atoms with Crippen molar-refractivity contribution >= 4 is 28.2 Å². The Bertz CT molecular complexity index is 779. The molecule has 1 heterocycles. The minimum Gasteiger partial charge on any atom is -0.385 e. The molecule has 5 nitrogen and oxygen atoms in total. The van der Waals surface area contributed by atoms with Crippen molar-refractivity contribution in [3.63, 3.8) is 0 Å². The van der Waals surface area contributed by atoms with E-state index in [1.54, 1.807) is 6.20 Å². The van der Waals surface area contributed by atoms with Gasteiger partial charge in [0.25, 0.3) is 5.91 Å². The Morgan fingerprint density at radius 3 is 2.95 bits per heavy atom. The van der Waals surface area contributed by atoms with Crippen LogP contribution in [0.2, 0.25) is 0 Å². The number of fused-ring (bicyclic) bond motifs is 1. The molecule has 0 atom stereocenters. The predicted molar refractivity (Wildman–Crippen MR) is 84.7 cm³/mol. The van der Waals surface area contributed by atoms with Crippen molar-refractivity contribution in [1.29, 1.82) is 0 Å². The second-order valence-corrected chi connectivity index (χ2v) is 4.70. The van der Waals surface area contributed by atoms with Crippen LogP contribution in [0.25, 0.3) is 10.9 Å². The van der Waals surface area contributed by atoms with E-state index in [4.69, 9.17) is 0 Å². The van der Waals surface area contributed by atoms with E-state index in [1.807, 2.05) is 49.4 Å². The van der Waals surface area contributed by atoms with Crippen LogP contribution in [-0.2, 0) is 0 Å². The number of nitrogens with one attached hydrogen (secondary N) is 3. The summed E-state index contributed by atoms with van der Waals surface area (Å²) in [4.78, 5) is 12.4. The molecule has 106 valence electrons. The first-order valence-corrected chi connectivity index (χ1v) is 6.85. The summed E-state index contributed by atoms with van der Waals surface area (Å²) in [5.41, 5.74) is 3.16. The molecule has 0 radical (unpaired) electrons. The fourth-order valence-corrected chi connectivity index (χ4v) is 2.24. The summed E-state index contributed by atoms with van der Waals surface area (Å²) in [7, 11) is 0. The number of rotatable bonds is 4. The lowest BCUT2D eigenvalue weighted by molar-refractivity contribution is 0.102. The molecule has 0 saturated carbocycles. The standard InChI is InChI=1S/C16H16N4O/c1-2-17-15-6-4-3-5-13(15)16(21)19-12-7-8-14-11(9-12)10-18-20-14/h3-10,17H,2H2,1H3,(H,18,20)(H,19,21). The van der Waals surface area contributed by atoms with Crippen LogP contribution in [0.15, 0.2) is 48.7 Å². The number of nitrogens with zero attached hydrogens (tertiary/aromatic N) is 1. The van der Waals surface area contributed by atoms with Crippen molar-refractivity contribution < 1.29 is 4.79 Å². The number of hydrogen-bond acceptors (Lipinski definition) is 3. The molecule has 3 aromatic rings. The molecule has 2 aromatic carbocycles. The van der Waals surface area contributed by atoms with E-state index in [1.165, 1.54) is 0 Å². The largest absolute Gasteiger partial charge is 0.385 e. The molecule has 21 heavy (non-hydrogen) atoms. The van der Waals surface area contributed by atoms with Crippen molar-refractivity contribution in [3.8, 4) is 0 Å². The number of hydrogen-bond donors (Lipinski definition) is 3. The molecule has 0 bridgehead atoms. The molecular weight excluding hydrogens is 264 g/mol. The first-order valence-electron chi connectivity index (χ1n) is 6.85. The minimum atomic E-state index is -0.130. The van der Waals surface area contributed by atoms with Gasteiger partial charge in [-0.25, -0.2) is 0 Å². The summed E-state index contributed by atoms with van der Waals surface area (Å²) in [5.74, 6) is -0.130. The van der Waals surface area contributed by atoms with Gasteiger partial charge in [-0.3, -0.25) is 9.89 Å². The number of amides is 1. The van der Waals surface area contributed by atoms with Gasteiger partial charge < -0.3 is 10.6 Å². The summed E-state index contributed by atoms with van der Waals surface area (Å²) in [6, 6.07) is 13.1. The van der Waals surface area contributed by atoms with Gasteiger partial charge in [-0.05, 0) is 37.3 Å². The smallest absolute Gasteiger partial charge is 0.257 e. The van der Waals surface area contributed by atoms with Gasteiger partial charge in [0, 0.05) is 23.3 Å². The predicted octanol–water partition coefficient (Wildman–Crippen LogP) is 3.25. The molecule has 0 spiro atoms. The molecular formula is C16H16N4O. The molecule has 3 N–H and O–H groups in total. The van der Waals surface area contributed by atoms with E-state index < -0.39 is 0 Å². The highest BCUT2D eigenvalue weighted by Gasteiger charge is 2.11. The zero-order valence-corrected chi connectivity index (χ0v) is 11.7. The summed E-state index contributed by atoms with van der Waals surface area (Å²) >= 11 is 0. The normalized spacial score (nSPS) is 10.5. The Morgan fingerprint density at radius 2 is 2.10 bits per heavy atom. The highest BCUT2D eigenvalue weighted by Crippen LogP contribution is 2.20. The summed E-state index contributed by atoms with van der Waals surface area (Å²) in [5, 5.41) is 13.9.